The molecule has 0 radical (unpaired) electrons. The molecular formula is C11H12FN3S. The number of halogens is 1. The summed E-state index contributed by atoms with van der Waals surface area (Å²) in [7, 11) is 0. The molecule has 5 heteroatoms. The van der Waals surface area contributed by atoms with Crippen LogP contribution in [0.3, 0.4) is 0 Å². The van der Waals surface area contributed by atoms with Crippen LogP contribution in [0.25, 0.3) is 0 Å². The lowest BCUT2D eigenvalue weighted by Crippen LogP contribution is -2.19. The lowest BCUT2D eigenvalue weighted by atomic mass is 10.1. The van der Waals surface area contributed by atoms with Crippen molar-refractivity contribution >= 4 is 11.5 Å². The molecule has 0 saturated carbocycles. The monoisotopic (exact) mass is 237 g/mol. The Balaban J connectivity index is 1.98. The molecular weight excluding hydrogens is 225 g/mol. The molecule has 1 heterocycles. The standard InChI is InChI=1S/C11H12FN3S/c1-8(10-4-2-3-5-11(10)12)13-6-9-7-16-15-14-9/h2-5,7-8,13H,6H2,1H3. The minimum atomic E-state index is -0.182. The first-order valence-electron chi connectivity index (χ1n) is 5.01. The maximum atomic E-state index is 13.4. The van der Waals surface area contributed by atoms with Gasteiger partial charge in [0.05, 0.1) is 5.69 Å². The Bertz CT molecular complexity index is 444. The molecule has 0 bridgehead atoms. The van der Waals surface area contributed by atoms with Crippen molar-refractivity contribution in [1.29, 1.82) is 0 Å². The second-order valence-electron chi connectivity index (χ2n) is 3.52. The van der Waals surface area contributed by atoms with E-state index in [1.165, 1.54) is 17.6 Å². The van der Waals surface area contributed by atoms with E-state index < -0.39 is 0 Å². The second kappa shape index (κ2) is 5.14. The van der Waals surface area contributed by atoms with Crippen molar-refractivity contribution in [2.24, 2.45) is 0 Å². The average molecular weight is 237 g/mol. The molecule has 0 spiro atoms. The van der Waals surface area contributed by atoms with E-state index in [-0.39, 0.29) is 11.9 Å². The van der Waals surface area contributed by atoms with Crippen molar-refractivity contribution in [2.75, 3.05) is 0 Å². The molecule has 0 saturated heterocycles. The maximum absolute atomic E-state index is 13.4. The van der Waals surface area contributed by atoms with E-state index in [1.54, 1.807) is 12.1 Å². The molecule has 1 N–H and O–H groups in total. The van der Waals surface area contributed by atoms with Crippen LogP contribution in [0.4, 0.5) is 4.39 Å². The van der Waals surface area contributed by atoms with Gasteiger partial charge in [-0.1, -0.05) is 22.7 Å². The number of hydrogen-bond acceptors (Lipinski definition) is 4. The highest BCUT2D eigenvalue weighted by Crippen LogP contribution is 2.16. The first kappa shape index (κ1) is 11.2. The van der Waals surface area contributed by atoms with Gasteiger partial charge in [0.2, 0.25) is 0 Å². The highest BCUT2D eigenvalue weighted by molar-refractivity contribution is 7.03. The Morgan fingerprint density at radius 2 is 2.25 bits per heavy atom. The highest BCUT2D eigenvalue weighted by Gasteiger charge is 2.09. The Morgan fingerprint density at radius 3 is 2.94 bits per heavy atom. The molecule has 1 aromatic carbocycles. The van der Waals surface area contributed by atoms with Crippen molar-refractivity contribution in [3.05, 3.63) is 46.7 Å². The lowest BCUT2D eigenvalue weighted by Gasteiger charge is -2.13. The van der Waals surface area contributed by atoms with Gasteiger partial charge in [-0.25, -0.2) is 4.39 Å². The molecule has 2 aromatic rings. The number of nitrogens with one attached hydrogen (secondary N) is 1. The average Bonchev–Trinajstić information content (AvgIpc) is 2.79. The Hall–Kier alpha value is -1.33. The molecule has 84 valence electrons. The van der Waals surface area contributed by atoms with E-state index in [0.717, 1.165) is 5.69 Å². The molecule has 0 aliphatic rings. The normalized spacial score (nSPS) is 12.6. The van der Waals surface area contributed by atoms with Gasteiger partial charge in [-0.2, -0.15) is 0 Å². The van der Waals surface area contributed by atoms with Crippen molar-refractivity contribution < 1.29 is 4.39 Å². The smallest absolute Gasteiger partial charge is 0.127 e. The molecule has 16 heavy (non-hydrogen) atoms. The van der Waals surface area contributed by atoms with Gasteiger partial charge in [0, 0.05) is 23.5 Å². The minimum absolute atomic E-state index is 0.0390. The third-order valence-electron chi connectivity index (χ3n) is 2.37. The van der Waals surface area contributed by atoms with Crippen LogP contribution in [0, 0.1) is 5.82 Å². The van der Waals surface area contributed by atoms with Gasteiger partial charge in [0.15, 0.2) is 0 Å². The van der Waals surface area contributed by atoms with Crippen molar-refractivity contribution in [2.45, 2.75) is 19.5 Å². The summed E-state index contributed by atoms with van der Waals surface area (Å²) in [4.78, 5) is 0. The van der Waals surface area contributed by atoms with Crippen LogP contribution in [0.2, 0.25) is 0 Å². The third kappa shape index (κ3) is 2.62. The van der Waals surface area contributed by atoms with Crippen LogP contribution >= 0.6 is 11.5 Å². The molecule has 0 fully saturated rings. The second-order valence-corrected chi connectivity index (χ2v) is 4.13. The van der Waals surface area contributed by atoms with Gasteiger partial charge < -0.3 is 5.32 Å². The van der Waals surface area contributed by atoms with Crippen LogP contribution in [0.1, 0.15) is 24.2 Å². The summed E-state index contributed by atoms with van der Waals surface area (Å²) in [5, 5.41) is 9.00. The predicted molar refractivity (Wildman–Crippen MR) is 61.6 cm³/mol. The summed E-state index contributed by atoms with van der Waals surface area (Å²) in [6.07, 6.45) is 0. The van der Waals surface area contributed by atoms with Crippen LogP contribution in [-0.4, -0.2) is 9.59 Å². The maximum Gasteiger partial charge on any atom is 0.127 e. The predicted octanol–water partition coefficient (Wildman–Crippen LogP) is 2.53. The van der Waals surface area contributed by atoms with Gasteiger partial charge >= 0.3 is 0 Å². The van der Waals surface area contributed by atoms with E-state index in [4.69, 9.17) is 0 Å². The van der Waals surface area contributed by atoms with Crippen molar-refractivity contribution in [3.8, 4) is 0 Å². The van der Waals surface area contributed by atoms with Crippen molar-refractivity contribution in [1.82, 2.24) is 14.9 Å². The highest BCUT2D eigenvalue weighted by atomic mass is 32.1. The topological polar surface area (TPSA) is 37.8 Å². The van der Waals surface area contributed by atoms with E-state index in [1.807, 2.05) is 18.4 Å². The van der Waals surface area contributed by atoms with E-state index >= 15 is 0 Å². The summed E-state index contributed by atoms with van der Waals surface area (Å²) in [5.74, 6) is -0.182. The zero-order valence-electron chi connectivity index (χ0n) is 8.85. The van der Waals surface area contributed by atoms with Crippen LogP contribution in [0.5, 0.6) is 0 Å². The van der Waals surface area contributed by atoms with E-state index in [0.29, 0.717) is 12.1 Å². The zero-order chi connectivity index (χ0) is 11.4. The molecule has 1 aromatic heterocycles. The number of benzene rings is 1. The summed E-state index contributed by atoms with van der Waals surface area (Å²) in [6.45, 7) is 2.53. The molecule has 2 rings (SSSR count). The fourth-order valence-corrected chi connectivity index (χ4v) is 1.91. The largest absolute Gasteiger partial charge is 0.304 e. The number of nitrogens with zero attached hydrogens (tertiary/aromatic N) is 2. The van der Waals surface area contributed by atoms with E-state index in [2.05, 4.69) is 14.9 Å². The minimum Gasteiger partial charge on any atom is -0.304 e. The van der Waals surface area contributed by atoms with Gasteiger partial charge in [-0.3, -0.25) is 0 Å². The number of aromatic nitrogens is 2. The van der Waals surface area contributed by atoms with Gasteiger partial charge in [0.25, 0.3) is 0 Å². The van der Waals surface area contributed by atoms with Crippen LogP contribution in [0.15, 0.2) is 29.6 Å². The third-order valence-corrected chi connectivity index (χ3v) is 2.92. The summed E-state index contributed by atoms with van der Waals surface area (Å²) in [6, 6.07) is 6.74. The molecule has 0 aliphatic carbocycles. The fourth-order valence-electron chi connectivity index (χ4n) is 1.45. The first-order chi connectivity index (χ1) is 7.77. The lowest BCUT2D eigenvalue weighted by molar-refractivity contribution is 0.524. The zero-order valence-corrected chi connectivity index (χ0v) is 9.67. The Morgan fingerprint density at radius 1 is 1.44 bits per heavy atom. The molecule has 1 unspecified atom stereocenters. The Kier molecular flexibility index (Phi) is 3.58. The van der Waals surface area contributed by atoms with Gasteiger partial charge in [-0.05, 0) is 24.5 Å². The van der Waals surface area contributed by atoms with Crippen LogP contribution in [-0.2, 0) is 6.54 Å². The van der Waals surface area contributed by atoms with Gasteiger partial charge in [-0.15, -0.1) is 5.10 Å². The number of rotatable bonds is 4. The fraction of sp³-hybridized carbons (Fsp3) is 0.273. The SMILES string of the molecule is CC(NCc1csnn1)c1ccccc1F. The Labute approximate surface area is 97.5 Å². The molecule has 0 aliphatic heterocycles. The van der Waals surface area contributed by atoms with Crippen molar-refractivity contribution in [3.63, 3.8) is 0 Å². The summed E-state index contributed by atoms with van der Waals surface area (Å²) in [5.41, 5.74) is 1.55. The summed E-state index contributed by atoms with van der Waals surface area (Å²) < 4.78 is 17.2. The number of hydrogen-bond donors (Lipinski definition) is 1. The summed E-state index contributed by atoms with van der Waals surface area (Å²) >= 11 is 1.32. The van der Waals surface area contributed by atoms with Gasteiger partial charge in [0.1, 0.15) is 5.82 Å². The molecule has 0 amide bonds. The first-order valence-corrected chi connectivity index (χ1v) is 5.85. The molecule has 3 nitrogen and oxygen atoms in total. The van der Waals surface area contributed by atoms with E-state index in [9.17, 15) is 4.39 Å². The van der Waals surface area contributed by atoms with Crippen LogP contribution < -0.4 is 5.32 Å². The quantitative estimate of drug-likeness (QED) is 0.888. The molecule has 1 atom stereocenters.